The molecule has 4 saturated carbocycles. The highest BCUT2D eigenvalue weighted by atomic mass is 16.5. The van der Waals surface area contributed by atoms with Gasteiger partial charge in [-0.1, -0.05) is 19.9 Å². The van der Waals surface area contributed by atoms with Crippen LogP contribution in [-0.4, -0.2) is 18.5 Å². The smallest absolute Gasteiger partial charge is 0.133 e. The summed E-state index contributed by atoms with van der Waals surface area (Å²) in [7, 11) is 0. The third-order valence-corrected chi connectivity index (χ3v) is 9.56. The van der Waals surface area contributed by atoms with E-state index in [1.165, 1.54) is 51.4 Å². The van der Waals surface area contributed by atoms with Gasteiger partial charge in [-0.15, -0.1) is 6.58 Å². The molecule has 0 aromatic heterocycles. The molecular weight excluding hydrogens is 320 g/mol. The van der Waals surface area contributed by atoms with E-state index in [-0.39, 0.29) is 0 Å². The predicted molar refractivity (Wildman–Crippen MR) is 106 cm³/mol. The zero-order chi connectivity index (χ0) is 18.5. The lowest BCUT2D eigenvalue weighted by atomic mass is 9.44. The summed E-state index contributed by atoms with van der Waals surface area (Å²) in [6, 6.07) is 0. The molecule has 0 aromatic carbocycles. The van der Waals surface area contributed by atoms with E-state index in [1.54, 1.807) is 0 Å². The van der Waals surface area contributed by atoms with Crippen LogP contribution >= 0.6 is 0 Å². The molecule has 26 heavy (non-hydrogen) atoms. The molecule has 146 valence electrons. The summed E-state index contributed by atoms with van der Waals surface area (Å²) in [5.41, 5.74) is 0.799. The van der Waals surface area contributed by atoms with Crippen LogP contribution in [0.5, 0.6) is 0 Å². The Balaban J connectivity index is 1.52. The van der Waals surface area contributed by atoms with Crippen LogP contribution in [0.25, 0.3) is 0 Å². The molecule has 4 rings (SSSR count). The van der Waals surface area contributed by atoms with Crippen LogP contribution in [0.1, 0.15) is 78.6 Å². The second kappa shape index (κ2) is 6.76. The van der Waals surface area contributed by atoms with Gasteiger partial charge in [0.2, 0.25) is 0 Å². The highest BCUT2D eigenvalue weighted by Gasteiger charge is 2.60. The monoisotopic (exact) mass is 358 g/mol. The highest BCUT2D eigenvalue weighted by Crippen LogP contribution is 2.67. The molecule has 0 amide bonds. The fourth-order valence-electron chi connectivity index (χ4n) is 8.24. The Morgan fingerprint density at radius 2 is 1.77 bits per heavy atom. The highest BCUT2D eigenvalue weighted by molar-refractivity contribution is 5.79. The van der Waals surface area contributed by atoms with Gasteiger partial charge in [0.05, 0.1) is 12.7 Å². The molecule has 0 aliphatic heterocycles. The molecule has 0 aromatic rings. The van der Waals surface area contributed by atoms with Gasteiger partial charge in [-0.2, -0.15) is 0 Å². The van der Waals surface area contributed by atoms with Crippen LogP contribution in [0.2, 0.25) is 0 Å². The van der Waals surface area contributed by atoms with E-state index in [0.29, 0.717) is 35.2 Å². The summed E-state index contributed by atoms with van der Waals surface area (Å²) in [5, 5.41) is 0. The third-order valence-electron chi connectivity index (χ3n) is 9.56. The molecule has 0 N–H and O–H groups in total. The van der Waals surface area contributed by atoms with Gasteiger partial charge in [-0.05, 0) is 99.2 Å². The first-order valence-corrected chi connectivity index (χ1v) is 11.1. The van der Waals surface area contributed by atoms with Crippen LogP contribution in [0.15, 0.2) is 12.7 Å². The average molecular weight is 359 g/mol. The van der Waals surface area contributed by atoms with Crippen LogP contribution < -0.4 is 0 Å². The summed E-state index contributed by atoms with van der Waals surface area (Å²) >= 11 is 0. The van der Waals surface area contributed by atoms with Gasteiger partial charge >= 0.3 is 0 Å². The Labute approximate surface area is 160 Å². The first kappa shape index (κ1) is 18.7. The van der Waals surface area contributed by atoms with Crippen LogP contribution in [0.4, 0.5) is 0 Å². The average Bonchev–Trinajstić information content (AvgIpc) is 2.97. The van der Waals surface area contributed by atoms with E-state index in [9.17, 15) is 4.79 Å². The quantitative estimate of drug-likeness (QED) is 0.593. The van der Waals surface area contributed by atoms with Crippen molar-refractivity contribution in [2.24, 2.45) is 40.4 Å². The second-order valence-electron chi connectivity index (χ2n) is 10.5. The minimum absolute atomic E-state index is 0.292. The van der Waals surface area contributed by atoms with Crippen LogP contribution in [0.3, 0.4) is 0 Å². The van der Waals surface area contributed by atoms with Crippen molar-refractivity contribution in [1.29, 1.82) is 0 Å². The van der Waals surface area contributed by atoms with Gasteiger partial charge in [-0.25, -0.2) is 0 Å². The normalized spacial score (nSPS) is 50.4. The number of fused-ring (bicyclic) bond motifs is 5. The maximum atomic E-state index is 12.3. The number of Topliss-reactive ketones (excluding diaryl/α,β-unsaturated/α-hetero) is 1. The van der Waals surface area contributed by atoms with Gasteiger partial charge in [0.25, 0.3) is 0 Å². The molecule has 8 unspecified atom stereocenters. The van der Waals surface area contributed by atoms with Crippen LogP contribution in [-0.2, 0) is 9.53 Å². The lowest BCUT2D eigenvalue weighted by Crippen LogP contribution is -2.54. The van der Waals surface area contributed by atoms with Gasteiger partial charge in [0, 0.05) is 5.92 Å². The molecule has 0 spiro atoms. The van der Waals surface area contributed by atoms with Gasteiger partial charge < -0.3 is 4.74 Å². The number of ether oxygens (including phenoxy) is 1. The molecule has 4 aliphatic carbocycles. The number of ketones is 1. The van der Waals surface area contributed by atoms with Crippen LogP contribution in [0, 0.1) is 40.4 Å². The zero-order valence-corrected chi connectivity index (χ0v) is 17.1. The first-order valence-electron chi connectivity index (χ1n) is 11.1. The summed E-state index contributed by atoms with van der Waals surface area (Å²) in [5.74, 6) is 4.16. The summed E-state index contributed by atoms with van der Waals surface area (Å²) in [6.45, 7) is 11.4. The number of rotatable bonds is 4. The third kappa shape index (κ3) is 2.74. The molecular formula is C24H38O2. The van der Waals surface area contributed by atoms with E-state index < -0.39 is 0 Å². The number of carbonyl (C=O) groups excluding carboxylic acids is 1. The topological polar surface area (TPSA) is 26.3 Å². The fourth-order valence-corrected chi connectivity index (χ4v) is 8.24. The first-order chi connectivity index (χ1) is 12.4. The Kier molecular flexibility index (Phi) is 4.87. The lowest BCUT2D eigenvalue weighted by Gasteiger charge is -2.61. The van der Waals surface area contributed by atoms with E-state index in [1.807, 2.05) is 13.0 Å². The largest absolute Gasteiger partial charge is 0.374 e. The Hall–Kier alpha value is -0.630. The van der Waals surface area contributed by atoms with Crippen molar-refractivity contribution in [2.45, 2.75) is 84.7 Å². The SMILES string of the molecule is C=CCOC1CCC2(C)C(CCC3C2CCC2(C)C(C(C)=O)CCC32)C1. The molecule has 0 bridgehead atoms. The fraction of sp³-hybridized carbons (Fsp3) is 0.875. The van der Waals surface area contributed by atoms with E-state index in [0.717, 1.165) is 30.1 Å². The van der Waals surface area contributed by atoms with Gasteiger partial charge in [-0.3, -0.25) is 4.79 Å². The molecule has 0 radical (unpaired) electrons. The minimum Gasteiger partial charge on any atom is -0.374 e. The lowest BCUT2D eigenvalue weighted by molar-refractivity contribution is -0.141. The van der Waals surface area contributed by atoms with Crippen molar-refractivity contribution in [3.8, 4) is 0 Å². The Bertz CT molecular complexity index is 569. The number of hydrogen-bond donors (Lipinski definition) is 0. The maximum absolute atomic E-state index is 12.3. The molecule has 4 fully saturated rings. The number of carbonyl (C=O) groups is 1. The van der Waals surface area contributed by atoms with Crippen molar-refractivity contribution in [1.82, 2.24) is 0 Å². The molecule has 2 nitrogen and oxygen atoms in total. The van der Waals surface area contributed by atoms with Crippen molar-refractivity contribution >= 4 is 5.78 Å². The van der Waals surface area contributed by atoms with Gasteiger partial charge in [0.15, 0.2) is 0 Å². The number of hydrogen-bond acceptors (Lipinski definition) is 2. The van der Waals surface area contributed by atoms with E-state index in [4.69, 9.17) is 4.74 Å². The minimum atomic E-state index is 0.292. The molecule has 0 heterocycles. The maximum Gasteiger partial charge on any atom is 0.133 e. The molecule has 4 aliphatic rings. The molecule has 2 heteroatoms. The van der Waals surface area contributed by atoms with Crippen molar-refractivity contribution in [3.05, 3.63) is 12.7 Å². The summed E-state index contributed by atoms with van der Waals surface area (Å²) < 4.78 is 6.03. The second-order valence-corrected chi connectivity index (χ2v) is 10.5. The summed E-state index contributed by atoms with van der Waals surface area (Å²) in [4.78, 5) is 12.3. The molecule has 8 atom stereocenters. The summed E-state index contributed by atoms with van der Waals surface area (Å²) in [6.07, 6.45) is 14.0. The van der Waals surface area contributed by atoms with Crippen molar-refractivity contribution < 1.29 is 9.53 Å². The zero-order valence-electron chi connectivity index (χ0n) is 17.1. The Morgan fingerprint density at radius 3 is 2.50 bits per heavy atom. The standard InChI is InChI=1S/C24H38O2/c1-5-14-26-18-10-12-23(3)17(15-18)6-7-19-21-9-8-20(16(2)25)24(21,4)13-11-22(19)23/h5,17-22H,1,6-15H2,2-4H3. The van der Waals surface area contributed by atoms with E-state index in [2.05, 4.69) is 20.4 Å². The molecule has 0 saturated heterocycles. The van der Waals surface area contributed by atoms with Gasteiger partial charge in [0.1, 0.15) is 5.78 Å². The van der Waals surface area contributed by atoms with Crippen molar-refractivity contribution in [2.75, 3.05) is 6.61 Å². The van der Waals surface area contributed by atoms with E-state index >= 15 is 0 Å². The predicted octanol–water partition coefficient (Wildman–Crippen LogP) is 5.81. The Morgan fingerprint density at radius 1 is 1.04 bits per heavy atom. The van der Waals surface area contributed by atoms with Crippen molar-refractivity contribution in [3.63, 3.8) is 0 Å².